The summed E-state index contributed by atoms with van der Waals surface area (Å²) in [4.78, 5) is 37.5. The second-order valence-corrected chi connectivity index (χ2v) is 7.51. The van der Waals surface area contributed by atoms with E-state index in [9.17, 15) is 9.59 Å². The predicted molar refractivity (Wildman–Crippen MR) is 121 cm³/mol. The molecule has 0 spiro atoms. The summed E-state index contributed by atoms with van der Waals surface area (Å²) < 4.78 is 1.57. The first-order valence-electron chi connectivity index (χ1n) is 9.32. The van der Waals surface area contributed by atoms with Gasteiger partial charge >= 0.3 is 5.91 Å². The summed E-state index contributed by atoms with van der Waals surface area (Å²) in [6.07, 6.45) is 3.10. The van der Waals surface area contributed by atoms with Crippen molar-refractivity contribution < 1.29 is 9.59 Å². The highest BCUT2D eigenvalue weighted by atomic mass is 35.5. The van der Waals surface area contributed by atoms with Gasteiger partial charge in [-0.05, 0) is 18.4 Å². The zero-order chi connectivity index (χ0) is 22.5. The van der Waals surface area contributed by atoms with Crippen molar-refractivity contribution in [2.24, 2.45) is 0 Å². The van der Waals surface area contributed by atoms with Crippen molar-refractivity contribution in [3.8, 4) is 17.1 Å². The zero-order valence-electron chi connectivity index (χ0n) is 16.7. The van der Waals surface area contributed by atoms with Gasteiger partial charge in [0.05, 0.1) is 16.9 Å². The second-order valence-electron chi connectivity index (χ2n) is 6.33. The van der Waals surface area contributed by atoms with Crippen molar-refractivity contribution in [2.45, 2.75) is 5.16 Å². The molecule has 0 bridgehead atoms. The Labute approximate surface area is 192 Å². The number of benzene rings is 2. The highest BCUT2D eigenvalue weighted by molar-refractivity contribution is 7.98. The van der Waals surface area contributed by atoms with Crippen LogP contribution < -0.4 is 10.9 Å². The van der Waals surface area contributed by atoms with Gasteiger partial charge in [-0.1, -0.05) is 71.9 Å². The number of para-hydroxylation sites is 1. The van der Waals surface area contributed by atoms with Crippen molar-refractivity contribution in [3.63, 3.8) is 0 Å². The van der Waals surface area contributed by atoms with Gasteiger partial charge in [0.15, 0.2) is 16.7 Å². The molecule has 9 nitrogen and oxygen atoms in total. The molecule has 0 fully saturated rings. The second kappa shape index (κ2) is 9.58. The number of hydrogen-bond donors (Lipinski definition) is 2. The van der Waals surface area contributed by atoms with E-state index in [4.69, 9.17) is 11.6 Å². The summed E-state index contributed by atoms with van der Waals surface area (Å²) in [5, 5.41) is 4.78. The standard InChI is InChI=1S/C21H16ClN7O2S/c1-32-21-23-12-15(22)16(24-21)19(30)26-27-20(31)17-25-18(13-8-4-2-5-9-13)29(28-17)14-10-6-3-7-11-14/h2-12H,1H3,(H,26,30)(H,27,31). The molecule has 11 heteroatoms. The van der Waals surface area contributed by atoms with Crippen LogP contribution in [0.15, 0.2) is 72.0 Å². The van der Waals surface area contributed by atoms with E-state index in [0.717, 1.165) is 11.3 Å². The molecule has 0 aliphatic rings. The van der Waals surface area contributed by atoms with Gasteiger partial charge in [0.2, 0.25) is 5.82 Å². The summed E-state index contributed by atoms with van der Waals surface area (Å²) >= 11 is 7.26. The minimum Gasteiger partial charge on any atom is -0.266 e. The van der Waals surface area contributed by atoms with E-state index in [1.165, 1.54) is 18.0 Å². The van der Waals surface area contributed by atoms with Gasteiger partial charge in [-0.15, -0.1) is 5.10 Å². The number of rotatable bonds is 5. The Hall–Kier alpha value is -3.76. The van der Waals surface area contributed by atoms with Crippen LogP contribution in [0, 0.1) is 0 Å². The van der Waals surface area contributed by atoms with Crippen LogP contribution in [0.4, 0.5) is 0 Å². The van der Waals surface area contributed by atoms with Gasteiger partial charge in [0, 0.05) is 5.56 Å². The molecule has 0 atom stereocenters. The Bertz CT molecular complexity index is 1210. The lowest BCUT2D eigenvalue weighted by atomic mass is 10.2. The topological polar surface area (TPSA) is 115 Å². The Morgan fingerprint density at radius 1 is 0.938 bits per heavy atom. The molecular formula is C21H16ClN7O2S. The summed E-state index contributed by atoms with van der Waals surface area (Å²) in [5.41, 5.74) is 6.05. The zero-order valence-corrected chi connectivity index (χ0v) is 18.3. The average molecular weight is 466 g/mol. The smallest absolute Gasteiger partial charge is 0.266 e. The van der Waals surface area contributed by atoms with Crippen molar-refractivity contribution in [3.05, 3.63) is 83.4 Å². The Balaban J connectivity index is 1.58. The molecule has 2 aromatic heterocycles. The molecule has 0 saturated carbocycles. The molecule has 0 aliphatic heterocycles. The number of carbonyl (C=O) groups is 2. The molecule has 2 heterocycles. The third-order valence-corrected chi connectivity index (χ3v) is 5.09. The summed E-state index contributed by atoms with van der Waals surface area (Å²) in [6.45, 7) is 0. The first-order valence-corrected chi connectivity index (χ1v) is 10.9. The largest absolute Gasteiger partial charge is 0.309 e. The molecule has 2 amide bonds. The number of amides is 2. The van der Waals surface area contributed by atoms with Gasteiger partial charge < -0.3 is 0 Å². The van der Waals surface area contributed by atoms with Crippen LogP contribution >= 0.6 is 23.4 Å². The van der Waals surface area contributed by atoms with E-state index < -0.39 is 11.8 Å². The third-order valence-electron chi connectivity index (χ3n) is 4.25. The van der Waals surface area contributed by atoms with E-state index in [-0.39, 0.29) is 16.5 Å². The number of nitrogens with one attached hydrogen (secondary N) is 2. The molecule has 160 valence electrons. The number of carbonyl (C=O) groups excluding carboxylic acids is 2. The number of hydrogen-bond acceptors (Lipinski definition) is 7. The van der Waals surface area contributed by atoms with E-state index in [2.05, 4.69) is 30.9 Å². The fourth-order valence-corrected chi connectivity index (χ4v) is 3.29. The monoisotopic (exact) mass is 465 g/mol. The van der Waals surface area contributed by atoms with Crippen molar-refractivity contribution in [2.75, 3.05) is 6.26 Å². The van der Waals surface area contributed by atoms with E-state index in [1.54, 1.807) is 10.9 Å². The van der Waals surface area contributed by atoms with Crippen molar-refractivity contribution >= 4 is 35.2 Å². The van der Waals surface area contributed by atoms with Gasteiger partial charge in [0.25, 0.3) is 5.91 Å². The molecule has 0 aliphatic carbocycles. The van der Waals surface area contributed by atoms with Gasteiger partial charge in [-0.3, -0.25) is 20.4 Å². The lowest BCUT2D eigenvalue weighted by molar-refractivity contribution is 0.0838. The first kappa shape index (κ1) is 21.5. The van der Waals surface area contributed by atoms with Crippen LogP contribution in [0.3, 0.4) is 0 Å². The predicted octanol–water partition coefficient (Wildman–Crippen LogP) is 3.17. The molecule has 32 heavy (non-hydrogen) atoms. The maximum absolute atomic E-state index is 12.7. The number of aromatic nitrogens is 5. The van der Waals surface area contributed by atoms with Crippen molar-refractivity contribution in [1.29, 1.82) is 0 Å². The highest BCUT2D eigenvalue weighted by Crippen LogP contribution is 2.21. The van der Waals surface area contributed by atoms with Crippen LogP contribution in [0.2, 0.25) is 5.02 Å². The van der Waals surface area contributed by atoms with Crippen LogP contribution in [-0.2, 0) is 0 Å². The third kappa shape index (κ3) is 4.61. The van der Waals surface area contributed by atoms with Crippen molar-refractivity contribution in [1.82, 2.24) is 35.6 Å². The van der Waals surface area contributed by atoms with E-state index >= 15 is 0 Å². The number of halogens is 1. The van der Waals surface area contributed by atoms with Gasteiger partial charge in [0.1, 0.15) is 0 Å². The molecular weight excluding hydrogens is 450 g/mol. The molecule has 0 unspecified atom stereocenters. The van der Waals surface area contributed by atoms with Gasteiger partial charge in [-0.25, -0.2) is 19.6 Å². The minimum absolute atomic E-state index is 0.0564. The molecule has 0 saturated heterocycles. The number of thioether (sulfide) groups is 1. The van der Waals surface area contributed by atoms with Crippen LogP contribution in [-0.4, -0.2) is 42.8 Å². The maximum Gasteiger partial charge on any atom is 0.309 e. The quantitative estimate of drug-likeness (QED) is 0.264. The lowest BCUT2D eigenvalue weighted by Crippen LogP contribution is -2.42. The van der Waals surface area contributed by atoms with E-state index in [0.29, 0.717) is 11.0 Å². The number of nitrogens with zero attached hydrogens (tertiary/aromatic N) is 5. The highest BCUT2D eigenvalue weighted by Gasteiger charge is 2.20. The molecule has 0 radical (unpaired) electrons. The normalized spacial score (nSPS) is 10.6. The molecule has 2 N–H and O–H groups in total. The molecule has 2 aromatic carbocycles. The van der Waals surface area contributed by atoms with Gasteiger partial charge in [-0.2, -0.15) is 0 Å². The first-order chi connectivity index (χ1) is 15.6. The summed E-state index contributed by atoms with van der Waals surface area (Å²) in [7, 11) is 0. The summed E-state index contributed by atoms with van der Waals surface area (Å²) in [6, 6.07) is 18.7. The number of hydrazine groups is 1. The SMILES string of the molecule is CSc1ncc(Cl)c(C(=O)NNC(=O)c2nc(-c3ccccc3)n(-c3ccccc3)n2)n1. The lowest BCUT2D eigenvalue weighted by Gasteiger charge is -2.07. The fourth-order valence-electron chi connectivity index (χ4n) is 2.77. The maximum atomic E-state index is 12.7. The molecule has 4 aromatic rings. The average Bonchev–Trinajstić information content (AvgIpc) is 3.29. The summed E-state index contributed by atoms with van der Waals surface area (Å²) in [5.74, 6) is -1.02. The van der Waals surface area contributed by atoms with Crippen LogP contribution in [0.1, 0.15) is 21.1 Å². The Kier molecular flexibility index (Phi) is 6.43. The van der Waals surface area contributed by atoms with Crippen LogP contribution in [0.25, 0.3) is 17.1 Å². The Morgan fingerprint density at radius 2 is 1.59 bits per heavy atom. The minimum atomic E-state index is -0.694. The fraction of sp³-hybridized carbons (Fsp3) is 0.0476. The molecule has 4 rings (SSSR count). The van der Waals surface area contributed by atoms with E-state index in [1.807, 2.05) is 60.7 Å². The Morgan fingerprint density at radius 3 is 2.28 bits per heavy atom. The van der Waals surface area contributed by atoms with Crippen LogP contribution in [0.5, 0.6) is 0 Å².